The molecule has 1 N–H and O–H groups in total. The number of hydrogen-bond acceptors (Lipinski definition) is 6. The minimum absolute atomic E-state index is 0.214. The molecule has 186 valence electrons. The Hall–Kier alpha value is -4.42. The average Bonchev–Trinajstić information content (AvgIpc) is 3.22. The van der Waals surface area contributed by atoms with Crippen molar-refractivity contribution in [2.75, 3.05) is 16.8 Å². The fraction of sp³-hybridized carbons (Fsp3) is 0.143. The fourth-order valence-corrected chi connectivity index (χ4v) is 5.04. The van der Waals surface area contributed by atoms with E-state index in [0.717, 1.165) is 17.3 Å². The number of halogens is 1. The molecule has 0 saturated carbocycles. The van der Waals surface area contributed by atoms with Gasteiger partial charge < -0.3 is 10.1 Å². The second-order valence-electron chi connectivity index (χ2n) is 7.99. The first kappa shape index (κ1) is 25.7. The highest BCUT2D eigenvalue weighted by Gasteiger charge is 2.40. The van der Waals surface area contributed by atoms with Crippen LogP contribution in [-0.2, 0) is 20.7 Å². The van der Waals surface area contributed by atoms with E-state index >= 15 is 0 Å². The molecule has 3 aromatic rings. The van der Waals surface area contributed by atoms with Gasteiger partial charge in [-0.15, -0.1) is 0 Å². The van der Waals surface area contributed by atoms with Gasteiger partial charge in [0.05, 0.1) is 17.4 Å². The van der Waals surface area contributed by atoms with Gasteiger partial charge in [-0.05, 0) is 67.4 Å². The number of anilines is 2. The molecule has 0 bridgehead atoms. The van der Waals surface area contributed by atoms with Crippen LogP contribution in [0, 0.1) is 17.1 Å². The van der Waals surface area contributed by atoms with Gasteiger partial charge in [0.2, 0.25) is 5.91 Å². The number of hydrogen-bond donors (Lipinski definition) is 1. The van der Waals surface area contributed by atoms with E-state index in [0.29, 0.717) is 23.4 Å². The lowest BCUT2D eigenvalue weighted by Gasteiger charge is -2.18. The third kappa shape index (κ3) is 5.88. The van der Waals surface area contributed by atoms with Gasteiger partial charge in [-0.3, -0.25) is 14.5 Å². The van der Waals surface area contributed by atoms with Gasteiger partial charge >= 0.3 is 5.97 Å². The maximum Gasteiger partial charge on any atom is 0.338 e. The van der Waals surface area contributed by atoms with Crippen molar-refractivity contribution in [3.8, 4) is 6.07 Å². The summed E-state index contributed by atoms with van der Waals surface area (Å²) in [7, 11) is 0. The lowest BCUT2D eigenvalue weighted by molar-refractivity contribution is -0.117. The number of para-hydroxylation sites is 1. The van der Waals surface area contributed by atoms with Gasteiger partial charge in [0.25, 0.3) is 5.91 Å². The van der Waals surface area contributed by atoms with Crippen molar-refractivity contribution in [1.29, 1.82) is 5.26 Å². The van der Waals surface area contributed by atoms with Crippen LogP contribution in [0.4, 0.5) is 15.8 Å². The molecule has 1 aliphatic rings. The molecule has 1 fully saturated rings. The van der Waals surface area contributed by atoms with E-state index in [1.165, 1.54) is 41.3 Å². The van der Waals surface area contributed by atoms with Crippen LogP contribution in [0.15, 0.2) is 89.5 Å². The van der Waals surface area contributed by atoms with E-state index < -0.39 is 17.1 Å². The van der Waals surface area contributed by atoms with Gasteiger partial charge in [-0.2, -0.15) is 5.26 Å². The van der Waals surface area contributed by atoms with Crippen molar-refractivity contribution in [2.45, 2.75) is 18.6 Å². The summed E-state index contributed by atoms with van der Waals surface area (Å²) in [6.07, 6.45) is 0.298. The maximum atomic E-state index is 13.5. The van der Waals surface area contributed by atoms with Crippen molar-refractivity contribution < 1.29 is 23.5 Å². The van der Waals surface area contributed by atoms with Crippen molar-refractivity contribution in [3.05, 3.63) is 106 Å². The van der Waals surface area contributed by atoms with Crippen LogP contribution in [0.1, 0.15) is 22.8 Å². The van der Waals surface area contributed by atoms with Crippen LogP contribution in [0.25, 0.3) is 0 Å². The number of nitrogens with zero attached hydrogens (tertiary/aromatic N) is 2. The topological polar surface area (TPSA) is 99.5 Å². The van der Waals surface area contributed by atoms with Crippen LogP contribution in [0.2, 0.25) is 0 Å². The summed E-state index contributed by atoms with van der Waals surface area (Å²) in [5, 5.41) is 12.2. The summed E-state index contributed by atoms with van der Waals surface area (Å²) in [5.74, 6) is -1.83. The summed E-state index contributed by atoms with van der Waals surface area (Å²) in [6.45, 7) is 1.95. The first-order valence-corrected chi connectivity index (χ1v) is 12.3. The van der Waals surface area contributed by atoms with Gasteiger partial charge in [0.1, 0.15) is 22.5 Å². The summed E-state index contributed by atoms with van der Waals surface area (Å²) >= 11 is 1.12. The monoisotopic (exact) mass is 515 g/mol. The molecule has 0 spiro atoms. The highest BCUT2D eigenvalue weighted by Crippen LogP contribution is 2.42. The number of carbonyl (C=O) groups is 3. The zero-order valence-corrected chi connectivity index (χ0v) is 20.6. The molecule has 1 heterocycles. The molecule has 2 amide bonds. The highest BCUT2D eigenvalue weighted by molar-refractivity contribution is 8.05. The molecule has 4 rings (SSSR count). The van der Waals surface area contributed by atoms with Crippen molar-refractivity contribution in [1.82, 2.24) is 0 Å². The van der Waals surface area contributed by atoms with E-state index in [-0.39, 0.29) is 28.9 Å². The van der Waals surface area contributed by atoms with Gasteiger partial charge in [0, 0.05) is 11.4 Å². The number of amides is 2. The van der Waals surface area contributed by atoms with E-state index in [1.807, 2.05) is 6.07 Å². The van der Waals surface area contributed by atoms with Gasteiger partial charge in [-0.1, -0.05) is 42.1 Å². The lowest BCUT2D eigenvalue weighted by Crippen LogP contribution is -2.30. The smallest absolute Gasteiger partial charge is 0.338 e. The summed E-state index contributed by atoms with van der Waals surface area (Å²) in [5.41, 5.74) is 1.75. The van der Waals surface area contributed by atoms with Gasteiger partial charge in [-0.25, -0.2) is 9.18 Å². The third-order valence-electron chi connectivity index (χ3n) is 5.51. The van der Waals surface area contributed by atoms with E-state index in [4.69, 9.17) is 4.74 Å². The second kappa shape index (κ2) is 11.5. The third-order valence-corrected chi connectivity index (χ3v) is 6.77. The van der Waals surface area contributed by atoms with Crippen molar-refractivity contribution in [3.63, 3.8) is 0 Å². The maximum absolute atomic E-state index is 13.5. The Balaban J connectivity index is 1.63. The van der Waals surface area contributed by atoms with Crippen molar-refractivity contribution in [2.24, 2.45) is 0 Å². The molecule has 0 aliphatic carbocycles. The number of benzene rings is 3. The average molecular weight is 516 g/mol. The van der Waals surface area contributed by atoms with Crippen LogP contribution in [0.5, 0.6) is 0 Å². The summed E-state index contributed by atoms with van der Waals surface area (Å²) in [4.78, 5) is 39.9. The van der Waals surface area contributed by atoms with Crippen molar-refractivity contribution >= 4 is 40.9 Å². The molecule has 7 nitrogen and oxygen atoms in total. The Morgan fingerprint density at radius 2 is 1.73 bits per heavy atom. The standard InChI is InChI=1S/C28H22FN3O4S/c1-2-36-28(35)19-10-14-21(15-11-19)31-25(33)23(17-30)27-32(22-6-4-3-5-7-22)26(34)24(37-27)16-18-8-12-20(29)13-9-18/h3-15,24H,2,16H2,1H3,(H,31,33)/b27-23-. The molecule has 1 atom stereocenters. The number of thioether (sulfide) groups is 1. The Morgan fingerprint density at radius 1 is 1.05 bits per heavy atom. The highest BCUT2D eigenvalue weighted by atomic mass is 32.2. The first-order chi connectivity index (χ1) is 17.9. The lowest BCUT2D eigenvalue weighted by atomic mass is 10.1. The Morgan fingerprint density at radius 3 is 2.35 bits per heavy atom. The predicted molar refractivity (Wildman–Crippen MR) is 139 cm³/mol. The number of nitrogens with one attached hydrogen (secondary N) is 1. The summed E-state index contributed by atoms with van der Waals surface area (Å²) < 4.78 is 18.3. The largest absolute Gasteiger partial charge is 0.462 e. The van der Waals surface area contributed by atoms with E-state index in [1.54, 1.807) is 49.4 Å². The minimum Gasteiger partial charge on any atom is -0.462 e. The Kier molecular flexibility index (Phi) is 8.01. The molecule has 1 saturated heterocycles. The molecule has 37 heavy (non-hydrogen) atoms. The molecule has 1 aliphatic heterocycles. The minimum atomic E-state index is -0.690. The number of rotatable bonds is 7. The molecule has 0 aromatic heterocycles. The van der Waals surface area contributed by atoms with Crippen LogP contribution < -0.4 is 10.2 Å². The Labute approximate surface area is 217 Å². The first-order valence-electron chi connectivity index (χ1n) is 11.4. The summed E-state index contributed by atoms with van der Waals surface area (Å²) in [6, 6.07) is 22.7. The molecule has 3 aromatic carbocycles. The molecule has 1 unspecified atom stereocenters. The molecule has 9 heteroatoms. The molecular weight excluding hydrogens is 493 g/mol. The molecule has 0 radical (unpaired) electrons. The van der Waals surface area contributed by atoms with E-state index in [2.05, 4.69) is 5.32 Å². The van der Waals surface area contributed by atoms with Crippen LogP contribution in [0.3, 0.4) is 0 Å². The number of carbonyl (C=O) groups excluding carboxylic acids is 3. The van der Waals surface area contributed by atoms with Crippen LogP contribution >= 0.6 is 11.8 Å². The zero-order valence-electron chi connectivity index (χ0n) is 19.8. The van der Waals surface area contributed by atoms with Gasteiger partial charge in [0.15, 0.2) is 0 Å². The number of esters is 1. The Bertz CT molecular complexity index is 1380. The SMILES string of the molecule is CCOC(=O)c1ccc(NC(=O)/C(C#N)=C2\SC(Cc3ccc(F)cc3)C(=O)N2c2ccccc2)cc1. The number of nitriles is 1. The molecular formula is C28H22FN3O4S. The fourth-order valence-electron chi connectivity index (χ4n) is 3.73. The normalized spacial score (nSPS) is 16.2. The number of ether oxygens (including phenoxy) is 1. The van der Waals surface area contributed by atoms with E-state index in [9.17, 15) is 24.0 Å². The quantitative estimate of drug-likeness (QED) is 0.268. The second-order valence-corrected chi connectivity index (χ2v) is 9.18. The predicted octanol–water partition coefficient (Wildman–Crippen LogP) is 5.07. The zero-order chi connectivity index (χ0) is 26.4. The van der Waals surface area contributed by atoms with Crippen LogP contribution in [-0.4, -0.2) is 29.6 Å².